The van der Waals surface area contributed by atoms with Gasteiger partial charge >= 0.3 is 0 Å². The highest BCUT2D eigenvalue weighted by Crippen LogP contribution is 2.24. The van der Waals surface area contributed by atoms with E-state index in [1.807, 2.05) is 35.0 Å². The molecule has 0 fully saturated rings. The molecule has 4 heterocycles. The van der Waals surface area contributed by atoms with Crippen LogP contribution in [0.2, 0.25) is 0 Å². The molecule has 6 nitrogen and oxygen atoms in total. The summed E-state index contributed by atoms with van der Waals surface area (Å²) < 4.78 is 12.8. The van der Waals surface area contributed by atoms with Crippen molar-refractivity contribution < 1.29 is 8.83 Å². The van der Waals surface area contributed by atoms with Crippen molar-refractivity contribution in [1.82, 2.24) is 19.6 Å². The lowest BCUT2D eigenvalue weighted by Gasteiger charge is -1.98. The number of nitrogens with zero attached hydrogens (tertiary/aromatic N) is 4. The SMILES string of the molecule is c1coc(-c2nnc(CSc3ncc4ccccn34)o2)c1. The maximum absolute atomic E-state index is 5.56. The average molecular weight is 298 g/mol. The van der Waals surface area contributed by atoms with Crippen molar-refractivity contribution in [3.05, 3.63) is 54.9 Å². The molecule has 0 aliphatic rings. The van der Waals surface area contributed by atoms with Crippen LogP contribution in [-0.2, 0) is 5.75 Å². The summed E-state index contributed by atoms with van der Waals surface area (Å²) in [6.07, 6.45) is 5.39. The second-order valence-electron chi connectivity index (χ2n) is 4.30. The van der Waals surface area contributed by atoms with Gasteiger partial charge < -0.3 is 8.83 Å². The zero-order valence-corrected chi connectivity index (χ0v) is 11.7. The second kappa shape index (κ2) is 5.10. The molecule has 0 unspecified atom stereocenters. The molecule has 0 atom stereocenters. The van der Waals surface area contributed by atoms with Crippen LogP contribution < -0.4 is 0 Å². The number of hydrogen-bond donors (Lipinski definition) is 0. The van der Waals surface area contributed by atoms with Gasteiger partial charge in [-0.25, -0.2) is 4.98 Å². The Kier molecular flexibility index (Phi) is 2.97. The number of rotatable bonds is 4. The largest absolute Gasteiger partial charge is 0.459 e. The van der Waals surface area contributed by atoms with Crippen LogP contribution in [0.3, 0.4) is 0 Å². The Morgan fingerprint density at radius 1 is 1.14 bits per heavy atom. The summed E-state index contributed by atoms with van der Waals surface area (Å²) in [5, 5.41) is 8.88. The van der Waals surface area contributed by atoms with Gasteiger partial charge in [-0.1, -0.05) is 17.8 Å². The Balaban J connectivity index is 1.52. The van der Waals surface area contributed by atoms with Gasteiger partial charge in [-0.15, -0.1) is 10.2 Å². The smallest absolute Gasteiger partial charge is 0.283 e. The maximum Gasteiger partial charge on any atom is 0.283 e. The molecule has 0 amide bonds. The van der Waals surface area contributed by atoms with Crippen molar-refractivity contribution in [3.63, 3.8) is 0 Å². The monoisotopic (exact) mass is 298 g/mol. The van der Waals surface area contributed by atoms with Crippen molar-refractivity contribution in [2.45, 2.75) is 10.9 Å². The summed E-state index contributed by atoms with van der Waals surface area (Å²) >= 11 is 1.55. The van der Waals surface area contributed by atoms with E-state index in [0.29, 0.717) is 23.3 Å². The van der Waals surface area contributed by atoms with Gasteiger partial charge in [0.15, 0.2) is 10.9 Å². The number of imidazole rings is 1. The molecule has 7 heteroatoms. The summed E-state index contributed by atoms with van der Waals surface area (Å²) in [5.74, 6) is 2.06. The van der Waals surface area contributed by atoms with E-state index in [1.165, 1.54) is 0 Å². The first-order valence-corrected chi connectivity index (χ1v) is 7.30. The van der Waals surface area contributed by atoms with E-state index >= 15 is 0 Å². The molecular weight excluding hydrogens is 288 g/mol. The Morgan fingerprint density at radius 2 is 2.14 bits per heavy atom. The van der Waals surface area contributed by atoms with Crippen molar-refractivity contribution in [2.75, 3.05) is 0 Å². The Hall–Kier alpha value is -2.54. The van der Waals surface area contributed by atoms with Crippen LogP contribution in [0.5, 0.6) is 0 Å². The fourth-order valence-electron chi connectivity index (χ4n) is 1.96. The third kappa shape index (κ3) is 2.31. The van der Waals surface area contributed by atoms with Crippen LogP contribution in [-0.4, -0.2) is 19.6 Å². The normalized spacial score (nSPS) is 11.2. The predicted molar refractivity (Wildman–Crippen MR) is 76.8 cm³/mol. The average Bonchev–Trinajstić information content (AvgIpc) is 3.25. The van der Waals surface area contributed by atoms with Crippen molar-refractivity contribution in [3.8, 4) is 11.7 Å². The van der Waals surface area contributed by atoms with Gasteiger partial charge in [0.1, 0.15) is 0 Å². The van der Waals surface area contributed by atoms with E-state index in [0.717, 1.165) is 10.7 Å². The molecular formula is C14H10N4O2S. The predicted octanol–water partition coefficient (Wildman–Crippen LogP) is 3.27. The number of furan rings is 1. The molecule has 0 N–H and O–H groups in total. The summed E-state index contributed by atoms with van der Waals surface area (Å²) in [7, 11) is 0. The van der Waals surface area contributed by atoms with E-state index < -0.39 is 0 Å². The molecule has 0 spiro atoms. The van der Waals surface area contributed by atoms with Gasteiger partial charge in [0.25, 0.3) is 5.89 Å². The van der Waals surface area contributed by atoms with Crippen molar-refractivity contribution >= 4 is 17.3 Å². The molecule has 4 aromatic rings. The molecule has 0 aromatic carbocycles. The van der Waals surface area contributed by atoms with Crippen molar-refractivity contribution in [1.29, 1.82) is 0 Å². The summed E-state index contributed by atoms with van der Waals surface area (Å²) in [6.45, 7) is 0. The lowest BCUT2D eigenvalue weighted by molar-refractivity contribution is 0.494. The van der Waals surface area contributed by atoms with Gasteiger partial charge in [-0.05, 0) is 24.3 Å². The van der Waals surface area contributed by atoms with Crippen LogP contribution in [0.4, 0.5) is 0 Å². The Morgan fingerprint density at radius 3 is 3.05 bits per heavy atom. The maximum atomic E-state index is 5.56. The van der Waals surface area contributed by atoms with E-state index in [4.69, 9.17) is 8.83 Å². The van der Waals surface area contributed by atoms with E-state index in [9.17, 15) is 0 Å². The number of aromatic nitrogens is 4. The molecule has 4 aromatic heterocycles. The molecule has 104 valence electrons. The number of pyridine rings is 1. The minimum atomic E-state index is 0.392. The minimum Gasteiger partial charge on any atom is -0.459 e. The van der Waals surface area contributed by atoms with Crippen molar-refractivity contribution in [2.24, 2.45) is 0 Å². The highest BCUT2D eigenvalue weighted by atomic mass is 32.2. The standard InChI is InChI=1S/C14H10N4O2S/c1-2-6-18-10(4-1)8-15-14(18)21-9-12-16-17-13(20-12)11-5-3-7-19-11/h1-8H,9H2. The zero-order chi connectivity index (χ0) is 14.1. The van der Waals surface area contributed by atoms with Gasteiger partial charge in [0.2, 0.25) is 5.89 Å². The zero-order valence-electron chi connectivity index (χ0n) is 10.8. The van der Waals surface area contributed by atoms with Gasteiger partial charge in [0, 0.05) is 6.20 Å². The number of thioether (sulfide) groups is 1. The molecule has 0 saturated heterocycles. The van der Waals surface area contributed by atoms with Gasteiger partial charge in [0.05, 0.1) is 23.7 Å². The summed E-state index contributed by atoms with van der Waals surface area (Å²) in [6, 6.07) is 9.54. The van der Waals surface area contributed by atoms with Crippen LogP contribution in [0.1, 0.15) is 5.89 Å². The van der Waals surface area contributed by atoms with E-state index in [-0.39, 0.29) is 0 Å². The van der Waals surface area contributed by atoms with Crippen LogP contribution in [0, 0.1) is 0 Å². The van der Waals surface area contributed by atoms with E-state index in [2.05, 4.69) is 15.2 Å². The second-order valence-corrected chi connectivity index (χ2v) is 5.25. The molecule has 4 rings (SSSR count). The third-order valence-corrected chi connectivity index (χ3v) is 3.88. The van der Waals surface area contributed by atoms with Crippen LogP contribution in [0.15, 0.2) is 63.0 Å². The lowest BCUT2D eigenvalue weighted by atomic mass is 10.4. The molecule has 0 radical (unpaired) electrons. The molecule has 0 saturated carbocycles. The van der Waals surface area contributed by atoms with E-state index in [1.54, 1.807) is 30.2 Å². The van der Waals surface area contributed by atoms with Gasteiger partial charge in [-0.3, -0.25) is 4.40 Å². The molecule has 0 aliphatic heterocycles. The van der Waals surface area contributed by atoms with Crippen LogP contribution in [0.25, 0.3) is 17.2 Å². The highest BCUT2D eigenvalue weighted by Gasteiger charge is 2.12. The van der Waals surface area contributed by atoms with Crippen LogP contribution >= 0.6 is 11.8 Å². The number of hydrogen-bond acceptors (Lipinski definition) is 6. The third-order valence-electron chi connectivity index (χ3n) is 2.93. The first-order chi connectivity index (χ1) is 10.4. The fourth-order valence-corrected chi connectivity index (χ4v) is 2.77. The fraction of sp³-hybridized carbons (Fsp3) is 0.0714. The molecule has 0 bridgehead atoms. The quantitative estimate of drug-likeness (QED) is 0.539. The summed E-state index contributed by atoms with van der Waals surface area (Å²) in [4.78, 5) is 4.38. The van der Waals surface area contributed by atoms with Gasteiger partial charge in [-0.2, -0.15) is 0 Å². The Bertz CT molecular complexity index is 866. The molecule has 21 heavy (non-hydrogen) atoms. The first-order valence-electron chi connectivity index (χ1n) is 6.31. The topological polar surface area (TPSA) is 69.4 Å². The first kappa shape index (κ1) is 12.2. The number of fused-ring (bicyclic) bond motifs is 1. The highest BCUT2D eigenvalue weighted by molar-refractivity contribution is 7.98. The lowest BCUT2D eigenvalue weighted by Crippen LogP contribution is -1.87. The molecule has 0 aliphatic carbocycles. The minimum absolute atomic E-state index is 0.392. The Labute approximate surface area is 123 Å². The summed E-state index contributed by atoms with van der Waals surface area (Å²) in [5.41, 5.74) is 1.06.